The number of anilines is 1. The summed E-state index contributed by atoms with van der Waals surface area (Å²) in [6, 6.07) is 17.4. The molecule has 0 bridgehead atoms. The number of hydrogen-bond acceptors (Lipinski definition) is 6. The van der Waals surface area contributed by atoms with Gasteiger partial charge in [0, 0.05) is 37.4 Å². The molecule has 2 aromatic heterocycles. The van der Waals surface area contributed by atoms with Gasteiger partial charge in [0.15, 0.2) is 5.52 Å². The molecule has 2 aromatic carbocycles. The lowest BCUT2D eigenvalue weighted by Gasteiger charge is -2.33. The number of benzene rings is 2. The van der Waals surface area contributed by atoms with E-state index in [1.165, 1.54) is 24.8 Å². The minimum Gasteiger partial charge on any atom is -0.496 e. The molecule has 4 aromatic rings. The lowest BCUT2D eigenvalue weighted by Crippen LogP contribution is -2.38. The van der Waals surface area contributed by atoms with Crippen molar-refractivity contribution in [2.75, 3.05) is 25.5 Å². The zero-order valence-electron chi connectivity index (χ0n) is 22.9. The summed E-state index contributed by atoms with van der Waals surface area (Å²) in [5.41, 5.74) is 5.05. The monoisotopic (exact) mass is 526 g/mol. The van der Waals surface area contributed by atoms with Crippen LogP contribution in [-0.4, -0.2) is 50.9 Å². The lowest BCUT2D eigenvalue weighted by molar-refractivity contribution is 0.211. The number of nitrogens with zero attached hydrogens (tertiary/aromatic N) is 4. The molecular formula is C31H38N6O2. The normalized spacial score (nSPS) is 17.5. The average Bonchev–Trinajstić information content (AvgIpc) is 3.32. The van der Waals surface area contributed by atoms with E-state index in [1.54, 1.807) is 7.11 Å². The van der Waals surface area contributed by atoms with Crippen molar-refractivity contribution in [1.29, 1.82) is 0 Å². The van der Waals surface area contributed by atoms with Gasteiger partial charge in [-0.05, 0) is 50.3 Å². The second-order valence-electron chi connectivity index (χ2n) is 11.0. The van der Waals surface area contributed by atoms with E-state index in [9.17, 15) is 4.79 Å². The molecular weight excluding hydrogens is 488 g/mol. The van der Waals surface area contributed by atoms with E-state index < -0.39 is 0 Å². The molecule has 8 nitrogen and oxygen atoms in total. The van der Waals surface area contributed by atoms with Crippen LogP contribution >= 0.6 is 0 Å². The molecule has 2 fully saturated rings. The van der Waals surface area contributed by atoms with Crippen LogP contribution in [0.1, 0.15) is 62.2 Å². The molecule has 1 saturated heterocycles. The smallest absolute Gasteiger partial charge is 0.277 e. The third kappa shape index (κ3) is 5.43. The second kappa shape index (κ2) is 11.2. The van der Waals surface area contributed by atoms with Gasteiger partial charge in [-0.3, -0.25) is 14.4 Å². The number of nitrogens with one attached hydrogen (secondary N) is 2. The van der Waals surface area contributed by atoms with E-state index >= 15 is 0 Å². The van der Waals surface area contributed by atoms with Crippen molar-refractivity contribution in [3.8, 4) is 17.1 Å². The Bertz CT molecular complexity index is 1480. The first-order chi connectivity index (χ1) is 19.1. The van der Waals surface area contributed by atoms with Gasteiger partial charge in [-0.15, -0.1) is 0 Å². The molecule has 1 aliphatic carbocycles. The van der Waals surface area contributed by atoms with Gasteiger partial charge < -0.3 is 15.0 Å². The van der Waals surface area contributed by atoms with Crippen molar-refractivity contribution in [2.45, 2.75) is 70.5 Å². The van der Waals surface area contributed by atoms with E-state index in [0.29, 0.717) is 28.6 Å². The van der Waals surface area contributed by atoms with Crippen LogP contribution in [0.2, 0.25) is 0 Å². The summed E-state index contributed by atoms with van der Waals surface area (Å²) in [5.74, 6) is 1.19. The number of methoxy groups -OCH3 is 1. The molecule has 0 amide bonds. The van der Waals surface area contributed by atoms with Crippen LogP contribution in [0.15, 0.2) is 53.3 Å². The maximum absolute atomic E-state index is 13.3. The molecule has 3 heterocycles. The van der Waals surface area contributed by atoms with E-state index in [1.807, 2.05) is 23.7 Å². The number of likely N-dealkylation sites (tertiary alicyclic amines) is 1. The van der Waals surface area contributed by atoms with Crippen molar-refractivity contribution in [2.24, 2.45) is 0 Å². The first-order valence-corrected chi connectivity index (χ1v) is 14.3. The summed E-state index contributed by atoms with van der Waals surface area (Å²) < 4.78 is 7.69. The molecule has 0 unspecified atom stereocenters. The predicted molar refractivity (Wildman–Crippen MR) is 155 cm³/mol. The third-order valence-electron chi connectivity index (χ3n) is 8.31. The summed E-state index contributed by atoms with van der Waals surface area (Å²) in [5, 5.41) is 8.44. The third-order valence-corrected chi connectivity index (χ3v) is 8.31. The highest BCUT2D eigenvalue weighted by molar-refractivity contribution is 5.80. The van der Waals surface area contributed by atoms with Crippen molar-refractivity contribution < 1.29 is 4.74 Å². The molecule has 0 spiro atoms. The highest BCUT2D eigenvalue weighted by Gasteiger charge is 2.24. The number of ether oxygens (including phenoxy) is 1. The predicted octanol–water partition coefficient (Wildman–Crippen LogP) is 5.69. The van der Waals surface area contributed by atoms with Gasteiger partial charge in [0.2, 0.25) is 0 Å². The number of H-pyrrole nitrogens is 1. The zero-order chi connectivity index (χ0) is 26.8. The minimum atomic E-state index is -0.146. The molecule has 0 radical (unpaired) electrons. The number of aryl methyl sites for hydroxylation is 1. The highest BCUT2D eigenvalue weighted by Crippen LogP contribution is 2.33. The molecule has 2 N–H and O–H groups in total. The summed E-state index contributed by atoms with van der Waals surface area (Å²) >= 11 is 0. The quantitative estimate of drug-likeness (QED) is 0.322. The fraction of sp³-hybridized carbons (Fsp3) is 0.452. The van der Waals surface area contributed by atoms with Crippen molar-refractivity contribution in [1.82, 2.24) is 24.6 Å². The van der Waals surface area contributed by atoms with E-state index in [2.05, 4.69) is 51.6 Å². The number of hydrogen-bond donors (Lipinski definition) is 2. The number of aromatic amines is 1. The van der Waals surface area contributed by atoms with Crippen molar-refractivity contribution in [3.63, 3.8) is 0 Å². The van der Waals surface area contributed by atoms with Crippen LogP contribution in [0.4, 0.5) is 5.69 Å². The summed E-state index contributed by atoms with van der Waals surface area (Å²) in [4.78, 5) is 23.7. The largest absolute Gasteiger partial charge is 0.496 e. The van der Waals surface area contributed by atoms with Crippen LogP contribution in [0.25, 0.3) is 22.4 Å². The Morgan fingerprint density at radius 3 is 2.54 bits per heavy atom. The number of fused-ring (bicyclic) bond motifs is 1. The minimum absolute atomic E-state index is 0.146. The summed E-state index contributed by atoms with van der Waals surface area (Å²) in [6.07, 6.45) is 7.92. The van der Waals surface area contributed by atoms with Gasteiger partial charge in [-0.1, -0.05) is 49.6 Å². The standard InChI is InChI=1S/C31H38N6O2/c1-21-28-29(37(35-21)25-11-7-4-8-12-25)31(38)34-30(33-28)26-14-13-24(19-27(26)39-2)32-23-15-17-36(18-16-23)20-22-9-5-3-6-10-22/h3,5-6,9-10,13-14,19,23,25,32H,4,7-8,11-12,15-18,20H2,1-2H3,(H,33,34,38). The van der Waals surface area contributed by atoms with Crippen LogP contribution in [-0.2, 0) is 6.54 Å². The van der Waals surface area contributed by atoms with Crippen LogP contribution in [0.3, 0.4) is 0 Å². The average molecular weight is 527 g/mol. The van der Waals surface area contributed by atoms with Gasteiger partial charge in [0.05, 0.1) is 24.4 Å². The number of aromatic nitrogens is 4. The van der Waals surface area contributed by atoms with Gasteiger partial charge in [-0.25, -0.2) is 4.98 Å². The topological polar surface area (TPSA) is 88.1 Å². The Kier molecular flexibility index (Phi) is 7.37. The van der Waals surface area contributed by atoms with E-state index in [-0.39, 0.29) is 11.6 Å². The lowest BCUT2D eigenvalue weighted by atomic mass is 9.95. The molecule has 0 atom stereocenters. The van der Waals surface area contributed by atoms with Crippen LogP contribution < -0.4 is 15.6 Å². The fourth-order valence-electron chi connectivity index (χ4n) is 6.20. The SMILES string of the molecule is COc1cc(NC2CCN(Cc3ccccc3)CC2)ccc1-c1nc2c(C)nn(C3CCCCC3)c2c(=O)[nH]1. The highest BCUT2D eigenvalue weighted by atomic mass is 16.5. The summed E-state index contributed by atoms with van der Waals surface area (Å²) in [6.45, 7) is 5.08. The van der Waals surface area contributed by atoms with Crippen LogP contribution in [0.5, 0.6) is 5.75 Å². The second-order valence-corrected chi connectivity index (χ2v) is 11.0. The molecule has 1 aliphatic heterocycles. The first-order valence-electron chi connectivity index (χ1n) is 14.3. The Labute approximate surface area is 229 Å². The summed E-state index contributed by atoms with van der Waals surface area (Å²) in [7, 11) is 1.66. The van der Waals surface area contributed by atoms with Gasteiger partial charge in [0.1, 0.15) is 17.1 Å². The molecule has 204 valence electrons. The van der Waals surface area contributed by atoms with Gasteiger partial charge >= 0.3 is 0 Å². The Morgan fingerprint density at radius 1 is 1.03 bits per heavy atom. The number of rotatable bonds is 7. The molecule has 6 rings (SSSR count). The number of piperidine rings is 1. The van der Waals surface area contributed by atoms with E-state index in [0.717, 1.165) is 62.3 Å². The maximum atomic E-state index is 13.3. The zero-order valence-corrected chi connectivity index (χ0v) is 22.9. The Hall–Kier alpha value is -3.65. The van der Waals surface area contributed by atoms with Crippen molar-refractivity contribution >= 4 is 16.7 Å². The van der Waals surface area contributed by atoms with Crippen molar-refractivity contribution in [3.05, 3.63) is 70.1 Å². The van der Waals surface area contributed by atoms with Gasteiger partial charge in [-0.2, -0.15) is 5.10 Å². The Morgan fingerprint density at radius 2 is 1.79 bits per heavy atom. The molecule has 39 heavy (non-hydrogen) atoms. The van der Waals surface area contributed by atoms with Crippen LogP contribution in [0, 0.1) is 6.92 Å². The first kappa shape index (κ1) is 25.6. The fourth-order valence-corrected chi connectivity index (χ4v) is 6.20. The molecule has 8 heteroatoms. The maximum Gasteiger partial charge on any atom is 0.277 e. The van der Waals surface area contributed by atoms with Gasteiger partial charge in [0.25, 0.3) is 5.56 Å². The molecule has 1 saturated carbocycles. The van der Waals surface area contributed by atoms with E-state index in [4.69, 9.17) is 14.8 Å². The Balaban J connectivity index is 1.18. The molecule has 2 aliphatic rings.